The van der Waals surface area contributed by atoms with Crippen LogP contribution in [-0.4, -0.2) is 9.78 Å². The maximum atomic E-state index is 4.64. The van der Waals surface area contributed by atoms with E-state index in [4.69, 9.17) is 0 Å². The molecular formula is C11H13IN2S. The fourth-order valence-corrected chi connectivity index (χ4v) is 2.95. The molecule has 1 unspecified atom stereocenters. The van der Waals surface area contributed by atoms with Gasteiger partial charge in [0, 0.05) is 12.2 Å². The van der Waals surface area contributed by atoms with Crippen LogP contribution in [0.4, 0.5) is 0 Å². The van der Waals surface area contributed by atoms with E-state index in [2.05, 4.69) is 69.9 Å². The third-order valence-electron chi connectivity index (χ3n) is 2.48. The molecular weight excluding hydrogens is 319 g/mol. The van der Waals surface area contributed by atoms with Crippen molar-refractivity contribution in [2.24, 2.45) is 0 Å². The van der Waals surface area contributed by atoms with Gasteiger partial charge in [0.05, 0.1) is 8.45 Å². The molecule has 2 rings (SSSR count). The van der Waals surface area contributed by atoms with Crippen LogP contribution in [-0.2, 0) is 0 Å². The third kappa shape index (κ3) is 2.25. The van der Waals surface area contributed by atoms with Crippen LogP contribution >= 0.6 is 33.9 Å². The first-order valence-electron chi connectivity index (χ1n) is 5.01. The van der Waals surface area contributed by atoms with Gasteiger partial charge in [0.1, 0.15) is 5.69 Å². The van der Waals surface area contributed by atoms with E-state index in [1.54, 1.807) is 11.3 Å². The van der Waals surface area contributed by atoms with E-state index in [0.29, 0.717) is 6.04 Å². The lowest BCUT2D eigenvalue weighted by Gasteiger charge is -2.07. The second-order valence-corrected chi connectivity index (χ2v) is 5.65. The largest absolute Gasteiger partial charge is 0.268 e. The molecule has 0 N–H and O–H groups in total. The van der Waals surface area contributed by atoms with E-state index in [1.807, 2.05) is 0 Å². The van der Waals surface area contributed by atoms with Gasteiger partial charge in [-0.25, -0.2) is 0 Å². The molecule has 0 aliphatic heterocycles. The van der Waals surface area contributed by atoms with Crippen molar-refractivity contribution in [1.82, 2.24) is 9.78 Å². The summed E-state index contributed by atoms with van der Waals surface area (Å²) in [5.74, 6) is 0. The first kappa shape index (κ1) is 11.1. The molecule has 0 bridgehead atoms. The highest BCUT2D eigenvalue weighted by Crippen LogP contribution is 2.28. The van der Waals surface area contributed by atoms with Crippen molar-refractivity contribution in [3.63, 3.8) is 0 Å². The minimum absolute atomic E-state index is 0.479. The van der Waals surface area contributed by atoms with Crippen molar-refractivity contribution < 1.29 is 0 Å². The smallest absolute Gasteiger partial charge is 0.116 e. The van der Waals surface area contributed by atoms with Gasteiger partial charge in [0.25, 0.3) is 0 Å². The van der Waals surface area contributed by atoms with Gasteiger partial charge >= 0.3 is 0 Å². The number of nitrogens with zero attached hydrogens (tertiary/aromatic N) is 2. The summed E-state index contributed by atoms with van der Waals surface area (Å²) in [6.07, 6.45) is 3.24. The Bertz CT molecular complexity index is 433. The van der Waals surface area contributed by atoms with E-state index < -0.39 is 0 Å². The zero-order chi connectivity index (χ0) is 10.8. The van der Waals surface area contributed by atoms with Crippen LogP contribution in [0.3, 0.4) is 0 Å². The van der Waals surface area contributed by atoms with Gasteiger partial charge < -0.3 is 0 Å². The SMILES string of the molecule is CCC(C)n1cc(I)c(-c2cccs2)n1. The van der Waals surface area contributed by atoms with Gasteiger partial charge in [-0.1, -0.05) is 13.0 Å². The molecule has 15 heavy (non-hydrogen) atoms. The Morgan fingerprint density at radius 3 is 3.00 bits per heavy atom. The molecule has 0 aromatic carbocycles. The molecule has 0 saturated heterocycles. The monoisotopic (exact) mass is 332 g/mol. The third-order valence-corrected chi connectivity index (χ3v) is 4.15. The highest BCUT2D eigenvalue weighted by Gasteiger charge is 2.12. The van der Waals surface area contributed by atoms with Gasteiger partial charge in [0.15, 0.2) is 0 Å². The molecule has 1 atom stereocenters. The first-order chi connectivity index (χ1) is 7.22. The van der Waals surface area contributed by atoms with Crippen LogP contribution in [0.15, 0.2) is 23.7 Å². The summed E-state index contributed by atoms with van der Waals surface area (Å²) in [6.45, 7) is 4.38. The zero-order valence-corrected chi connectivity index (χ0v) is 11.7. The lowest BCUT2D eigenvalue weighted by molar-refractivity contribution is 0.479. The zero-order valence-electron chi connectivity index (χ0n) is 8.77. The van der Waals surface area contributed by atoms with Crippen LogP contribution in [0.2, 0.25) is 0 Å². The van der Waals surface area contributed by atoms with Crippen molar-refractivity contribution in [3.8, 4) is 10.6 Å². The van der Waals surface area contributed by atoms with Gasteiger partial charge in [-0.15, -0.1) is 11.3 Å². The second-order valence-electron chi connectivity index (χ2n) is 3.54. The van der Waals surface area contributed by atoms with Crippen LogP contribution in [0.5, 0.6) is 0 Å². The summed E-state index contributed by atoms with van der Waals surface area (Å²) in [5, 5.41) is 6.73. The van der Waals surface area contributed by atoms with Crippen LogP contribution in [0.25, 0.3) is 10.6 Å². The average Bonchev–Trinajstić information content (AvgIpc) is 2.84. The number of hydrogen-bond acceptors (Lipinski definition) is 2. The summed E-state index contributed by atoms with van der Waals surface area (Å²) in [6, 6.07) is 4.67. The summed E-state index contributed by atoms with van der Waals surface area (Å²) < 4.78 is 3.30. The Morgan fingerprint density at radius 2 is 2.40 bits per heavy atom. The molecule has 2 nitrogen and oxygen atoms in total. The van der Waals surface area contributed by atoms with Crippen molar-refractivity contribution in [2.45, 2.75) is 26.3 Å². The number of thiophene rings is 1. The highest BCUT2D eigenvalue weighted by molar-refractivity contribution is 14.1. The lowest BCUT2D eigenvalue weighted by Crippen LogP contribution is -2.03. The summed E-state index contributed by atoms with van der Waals surface area (Å²) in [7, 11) is 0. The number of hydrogen-bond donors (Lipinski definition) is 0. The van der Waals surface area contributed by atoms with Crippen molar-refractivity contribution >= 4 is 33.9 Å². The Balaban J connectivity index is 2.38. The average molecular weight is 332 g/mol. The Kier molecular flexibility index (Phi) is 3.45. The molecule has 0 radical (unpaired) electrons. The Labute approximate surface area is 107 Å². The maximum absolute atomic E-state index is 4.64. The van der Waals surface area contributed by atoms with E-state index in [1.165, 1.54) is 8.45 Å². The molecule has 0 aliphatic carbocycles. The molecule has 4 heteroatoms. The molecule has 0 amide bonds. The summed E-state index contributed by atoms with van der Waals surface area (Å²) in [4.78, 5) is 1.25. The fraction of sp³-hybridized carbons (Fsp3) is 0.364. The minimum atomic E-state index is 0.479. The number of aromatic nitrogens is 2. The van der Waals surface area contributed by atoms with E-state index in [9.17, 15) is 0 Å². The molecule has 0 aliphatic rings. The molecule has 2 aromatic heterocycles. The summed E-state index contributed by atoms with van der Waals surface area (Å²) >= 11 is 4.10. The first-order valence-corrected chi connectivity index (χ1v) is 6.96. The topological polar surface area (TPSA) is 17.8 Å². The normalized spacial score (nSPS) is 13.0. The highest BCUT2D eigenvalue weighted by atomic mass is 127. The van der Waals surface area contributed by atoms with Crippen LogP contribution in [0.1, 0.15) is 26.3 Å². The molecule has 80 valence electrons. The molecule has 0 spiro atoms. The van der Waals surface area contributed by atoms with Crippen molar-refractivity contribution in [2.75, 3.05) is 0 Å². The van der Waals surface area contributed by atoms with Crippen molar-refractivity contribution in [1.29, 1.82) is 0 Å². The van der Waals surface area contributed by atoms with Gasteiger partial charge in [-0.05, 0) is 47.4 Å². The van der Waals surface area contributed by atoms with Gasteiger partial charge in [-0.3, -0.25) is 4.68 Å². The minimum Gasteiger partial charge on any atom is -0.268 e. The maximum Gasteiger partial charge on any atom is 0.116 e. The number of rotatable bonds is 3. The van der Waals surface area contributed by atoms with Gasteiger partial charge in [-0.2, -0.15) is 5.10 Å². The van der Waals surface area contributed by atoms with E-state index in [0.717, 1.165) is 12.1 Å². The predicted molar refractivity (Wildman–Crippen MR) is 73.3 cm³/mol. The van der Waals surface area contributed by atoms with E-state index in [-0.39, 0.29) is 0 Å². The fourth-order valence-electron chi connectivity index (χ4n) is 1.36. The molecule has 0 saturated carbocycles. The molecule has 2 aromatic rings. The predicted octanol–water partition coefficient (Wildman–Crippen LogP) is 4.19. The quantitative estimate of drug-likeness (QED) is 0.771. The molecule has 2 heterocycles. The standard InChI is InChI=1S/C11H13IN2S/c1-3-8(2)14-7-9(12)11(13-14)10-5-4-6-15-10/h4-8H,3H2,1-2H3. The van der Waals surface area contributed by atoms with Crippen molar-refractivity contribution in [3.05, 3.63) is 27.3 Å². The van der Waals surface area contributed by atoms with E-state index >= 15 is 0 Å². The lowest BCUT2D eigenvalue weighted by atomic mass is 10.3. The summed E-state index contributed by atoms with van der Waals surface area (Å²) in [5.41, 5.74) is 1.12. The van der Waals surface area contributed by atoms with Crippen LogP contribution < -0.4 is 0 Å². The Morgan fingerprint density at radius 1 is 1.60 bits per heavy atom. The second kappa shape index (κ2) is 4.65. The Hall–Kier alpha value is -0.360. The molecule has 0 fully saturated rings. The number of halogens is 1. The van der Waals surface area contributed by atoms with Crippen LogP contribution in [0, 0.1) is 3.57 Å². The van der Waals surface area contributed by atoms with Gasteiger partial charge in [0.2, 0.25) is 0 Å².